The van der Waals surface area contributed by atoms with Crippen LogP contribution in [-0.4, -0.2) is 6.54 Å². The number of nitrogens with one attached hydrogen (secondary N) is 1. The molecule has 2 nitrogen and oxygen atoms in total. The van der Waals surface area contributed by atoms with Crippen LogP contribution in [0.3, 0.4) is 0 Å². The van der Waals surface area contributed by atoms with Gasteiger partial charge in [0.1, 0.15) is 5.76 Å². The Morgan fingerprint density at radius 1 is 1.33 bits per heavy atom. The van der Waals surface area contributed by atoms with Crippen molar-refractivity contribution >= 4 is 15.9 Å². The molecular weight excluding hydrogens is 290 g/mol. The SMILES string of the molecule is CCCNC(C)c1cccc(-c2occc2Br)c1. The summed E-state index contributed by atoms with van der Waals surface area (Å²) in [7, 11) is 0. The highest BCUT2D eigenvalue weighted by atomic mass is 79.9. The Hall–Kier alpha value is -1.06. The van der Waals surface area contributed by atoms with Gasteiger partial charge < -0.3 is 9.73 Å². The molecule has 0 saturated heterocycles. The number of halogens is 1. The van der Waals surface area contributed by atoms with E-state index in [1.54, 1.807) is 6.26 Å². The number of hydrogen-bond acceptors (Lipinski definition) is 2. The topological polar surface area (TPSA) is 25.2 Å². The third kappa shape index (κ3) is 3.03. The summed E-state index contributed by atoms with van der Waals surface area (Å²) in [6.07, 6.45) is 2.85. The zero-order valence-corrected chi connectivity index (χ0v) is 12.3. The number of rotatable bonds is 5. The Morgan fingerprint density at radius 2 is 2.17 bits per heavy atom. The fourth-order valence-electron chi connectivity index (χ4n) is 1.93. The standard InChI is InChI=1S/C15H18BrNO/c1-3-8-17-11(2)12-5-4-6-13(10-12)15-14(16)7-9-18-15/h4-7,9-11,17H,3,8H2,1-2H3. The maximum Gasteiger partial charge on any atom is 0.148 e. The highest BCUT2D eigenvalue weighted by Crippen LogP contribution is 2.30. The highest BCUT2D eigenvalue weighted by molar-refractivity contribution is 9.10. The lowest BCUT2D eigenvalue weighted by atomic mass is 10.0. The quantitative estimate of drug-likeness (QED) is 0.860. The van der Waals surface area contributed by atoms with Gasteiger partial charge in [0.2, 0.25) is 0 Å². The summed E-state index contributed by atoms with van der Waals surface area (Å²) in [5.74, 6) is 0.888. The van der Waals surface area contributed by atoms with Crippen LogP contribution in [0.15, 0.2) is 45.5 Å². The minimum Gasteiger partial charge on any atom is -0.463 e. The van der Waals surface area contributed by atoms with Crippen LogP contribution in [0.4, 0.5) is 0 Å². The number of hydrogen-bond donors (Lipinski definition) is 1. The largest absolute Gasteiger partial charge is 0.463 e. The van der Waals surface area contributed by atoms with Gasteiger partial charge in [0, 0.05) is 11.6 Å². The molecule has 0 aliphatic carbocycles. The normalized spacial score (nSPS) is 12.6. The lowest BCUT2D eigenvalue weighted by molar-refractivity contribution is 0.568. The van der Waals surface area contributed by atoms with Gasteiger partial charge in [0.05, 0.1) is 10.7 Å². The first-order chi connectivity index (χ1) is 8.72. The zero-order chi connectivity index (χ0) is 13.0. The molecule has 1 unspecified atom stereocenters. The van der Waals surface area contributed by atoms with Crippen molar-refractivity contribution in [2.75, 3.05) is 6.54 Å². The second-order valence-corrected chi connectivity index (χ2v) is 5.25. The molecule has 18 heavy (non-hydrogen) atoms. The van der Waals surface area contributed by atoms with Crippen LogP contribution in [0, 0.1) is 0 Å². The molecule has 0 fully saturated rings. The summed E-state index contributed by atoms with van der Waals surface area (Å²) < 4.78 is 6.49. The van der Waals surface area contributed by atoms with Crippen LogP contribution in [-0.2, 0) is 0 Å². The third-order valence-electron chi connectivity index (χ3n) is 2.97. The van der Waals surface area contributed by atoms with Crippen LogP contribution >= 0.6 is 15.9 Å². The van der Waals surface area contributed by atoms with Crippen LogP contribution in [0.1, 0.15) is 31.9 Å². The first kappa shape index (κ1) is 13.4. The molecule has 1 N–H and O–H groups in total. The van der Waals surface area contributed by atoms with Crippen LogP contribution in [0.5, 0.6) is 0 Å². The van der Waals surface area contributed by atoms with Gasteiger partial charge in [-0.15, -0.1) is 0 Å². The van der Waals surface area contributed by atoms with Gasteiger partial charge in [-0.05, 0) is 53.5 Å². The van der Waals surface area contributed by atoms with Gasteiger partial charge in [0.15, 0.2) is 0 Å². The molecule has 0 spiro atoms. The molecule has 0 amide bonds. The van der Waals surface area contributed by atoms with E-state index in [4.69, 9.17) is 4.42 Å². The summed E-state index contributed by atoms with van der Waals surface area (Å²) >= 11 is 3.50. The molecule has 0 aliphatic heterocycles. The summed E-state index contributed by atoms with van der Waals surface area (Å²) in [4.78, 5) is 0. The Labute approximate surface area is 117 Å². The highest BCUT2D eigenvalue weighted by Gasteiger charge is 2.09. The minimum atomic E-state index is 0.360. The van der Waals surface area contributed by atoms with Gasteiger partial charge in [-0.25, -0.2) is 0 Å². The zero-order valence-electron chi connectivity index (χ0n) is 10.7. The fourth-order valence-corrected chi connectivity index (χ4v) is 2.36. The molecule has 1 heterocycles. The fraction of sp³-hybridized carbons (Fsp3) is 0.333. The van der Waals surface area contributed by atoms with E-state index in [2.05, 4.69) is 59.4 Å². The summed E-state index contributed by atoms with van der Waals surface area (Å²) in [5, 5.41) is 3.49. The van der Waals surface area contributed by atoms with E-state index in [9.17, 15) is 0 Å². The maximum atomic E-state index is 5.50. The van der Waals surface area contributed by atoms with E-state index >= 15 is 0 Å². The molecule has 1 atom stereocenters. The molecule has 0 aliphatic rings. The molecule has 3 heteroatoms. The van der Waals surface area contributed by atoms with E-state index in [1.807, 2.05) is 6.07 Å². The van der Waals surface area contributed by atoms with Crippen molar-refractivity contribution in [3.63, 3.8) is 0 Å². The van der Waals surface area contributed by atoms with Crippen molar-refractivity contribution in [2.24, 2.45) is 0 Å². The van der Waals surface area contributed by atoms with Gasteiger partial charge in [-0.1, -0.05) is 25.1 Å². The van der Waals surface area contributed by atoms with Gasteiger partial charge >= 0.3 is 0 Å². The average Bonchev–Trinajstić information content (AvgIpc) is 2.82. The molecule has 1 aromatic carbocycles. The van der Waals surface area contributed by atoms with Crippen molar-refractivity contribution in [3.05, 3.63) is 46.6 Å². The van der Waals surface area contributed by atoms with E-state index in [-0.39, 0.29) is 0 Å². The second kappa shape index (κ2) is 6.21. The average molecular weight is 308 g/mol. The Morgan fingerprint density at radius 3 is 2.83 bits per heavy atom. The predicted octanol–water partition coefficient (Wildman–Crippen LogP) is 4.77. The first-order valence-electron chi connectivity index (χ1n) is 6.29. The van der Waals surface area contributed by atoms with Crippen molar-refractivity contribution in [1.29, 1.82) is 0 Å². The molecule has 2 rings (SSSR count). The first-order valence-corrected chi connectivity index (χ1v) is 7.08. The number of benzene rings is 1. The van der Waals surface area contributed by atoms with E-state index in [0.717, 1.165) is 28.8 Å². The van der Waals surface area contributed by atoms with Crippen molar-refractivity contribution in [1.82, 2.24) is 5.32 Å². The van der Waals surface area contributed by atoms with E-state index in [1.165, 1.54) is 5.56 Å². The minimum absolute atomic E-state index is 0.360. The van der Waals surface area contributed by atoms with Crippen LogP contribution in [0.25, 0.3) is 11.3 Å². The Balaban J connectivity index is 2.22. The van der Waals surface area contributed by atoms with Crippen molar-refractivity contribution in [3.8, 4) is 11.3 Å². The van der Waals surface area contributed by atoms with Crippen molar-refractivity contribution in [2.45, 2.75) is 26.3 Å². The molecule has 2 aromatic rings. The molecular formula is C15H18BrNO. The van der Waals surface area contributed by atoms with Gasteiger partial charge in [-0.2, -0.15) is 0 Å². The summed E-state index contributed by atoms with van der Waals surface area (Å²) in [6, 6.07) is 10.7. The summed E-state index contributed by atoms with van der Waals surface area (Å²) in [5.41, 5.74) is 2.39. The van der Waals surface area contributed by atoms with Crippen LogP contribution < -0.4 is 5.32 Å². The molecule has 1 aromatic heterocycles. The molecule has 0 saturated carbocycles. The Kier molecular flexibility index (Phi) is 4.61. The predicted molar refractivity (Wildman–Crippen MR) is 78.6 cm³/mol. The van der Waals surface area contributed by atoms with Gasteiger partial charge in [0.25, 0.3) is 0 Å². The summed E-state index contributed by atoms with van der Waals surface area (Å²) in [6.45, 7) is 5.40. The Bertz CT molecular complexity index is 507. The van der Waals surface area contributed by atoms with E-state index < -0.39 is 0 Å². The monoisotopic (exact) mass is 307 g/mol. The molecule has 96 valence electrons. The smallest absolute Gasteiger partial charge is 0.148 e. The third-order valence-corrected chi connectivity index (χ3v) is 3.59. The number of furan rings is 1. The van der Waals surface area contributed by atoms with Crippen molar-refractivity contribution < 1.29 is 4.42 Å². The van der Waals surface area contributed by atoms with E-state index in [0.29, 0.717) is 6.04 Å². The second-order valence-electron chi connectivity index (χ2n) is 4.40. The lowest BCUT2D eigenvalue weighted by Gasteiger charge is -2.14. The van der Waals surface area contributed by atoms with Crippen LogP contribution in [0.2, 0.25) is 0 Å². The van der Waals surface area contributed by atoms with Gasteiger partial charge in [-0.3, -0.25) is 0 Å². The molecule has 0 bridgehead atoms. The lowest BCUT2D eigenvalue weighted by Crippen LogP contribution is -2.19. The maximum absolute atomic E-state index is 5.50. The molecule has 0 radical (unpaired) electrons.